The van der Waals surface area contributed by atoms with Gasteiger partial charge in [-0.1, -0.05) is 232 Å². The Bertz CT molecular complexity index is 1580. The van der Waals surface area contributed by atoms with Crippen LogP contribution in [-0.4, -0.2) is 70.0 Å². The van der Waals surface area contributed by atoms with Gasteiger partial charge < -0.3 is 27.9 Å². The fourth-order valence-electron chi connectivity index (χ4n) is 7.41. The summed E-state index contributed by atoms with van der Waals surface area (Å²) in [6, 6.07) is 0. The first-order valence-electron chi connectivity index (χ1n) is 28.6. The topological polar surface area (TPSA) is 111 Å². The van der Waals surface area contributed by atoms with E-state index in [0.717, 1.165) is 96.3 Å². The van der Waals surface area contributed by atoms with Crippen LogP contribution < -0.4 is 4.89 Å². The van der Waals surface area contributed by atoms with Gasteiger partial charge in [0.15, 0.2) is 6.10 Å². The van der Waals surface area contributed by atoms with Crippen LogP contribution in [0.4, 0.5) is 0 Å². The number of unbranched alkanes of at least 4 members (excludes halogenated alkanes) is 19. The number of phosphoric acid groups is 1. The maximum Gasteiger partial charge on any atom is 0.306 e. The van der Waals surface area contributed by atoms with E-state index in [0.29, 0.717) is 17.4 Å². The number of quaternary nitrogens is 1. The van der Waals surface area contributed by atoms with Gasteiger partial charge in [0.05, 0.1) is 27.7 Å². The first-order chi connectivity index (χ1) is 35.0. The van der Waals surface area contributed by atoms with Crippen LogP contribution in [0.1, 0.15) is 219 Å². The molecule has 0 aromatic carbocycles. The van der Waals surface area contributed by atoms with Crippen LogP contribution in [0.3, 0.4) is 0 Å². The SMILES string of the molecule is CC/C=C\C/C=C\C/C=C\C/C=C\C/C=C\C/C=C\C/C=C\C/C=C\C/C=C\CCCCCC(=O)OC(COC(=O)CCCCCCCCCCCCCCCCCCC)COP(=O)([O-])OCC[N+](C)(C)C. The maximum absolute atomic E-state index is 12.8. The molecule has 0 aliphatic rings. The summed E-state index contributed by atoms with van der Waals surface area (Å²) in [5, 5.41) is 0. The Morgan fingerprint density at radius 3 is 1.18 bits per heavy atom. The van der Waals surface area contributed by atoms with E-state index in [4.69, 9.17) is 18.5 Å². The summed E-state index contributed by atoms with van der Waals surface area (Å²) in [5.41, 5.74) is 0. The third kappa shape index (κ3) is 56.0. The molecule has 10 heteroatoms. The monoisotopic (exact) mass is 1020 g/mol. The van der Waals surface area contributed by atoms with Gasteiger partial charge in [-0.25, -0.2) is 0 Å². The van der Waals surface area contributed by atoms with Crippen LogP contribution >= 0.6 is 7.82 Å². The number of allylic oxidation sites excluding steroid dienone is 18. The second kappa shape index (κ2) is 52.5. The molecule has 0 aliphatic carbocycles. The number of carbonyl (C=O) groups is 2. The van der Waals surface area contributed by atoms with Crippen molar-refractivity contribution in [3.63, 3.8) is 0 Å². The largest absolute Gasteiger partial charge is 0.756 e. The third-order valence-corrected chi connectivity index (χ3v) is 12.8. The molecule has 0 N–H and O–H groups in total. The minimum absolute atomic E-state index is 0.0423. The van der Waals surface area contributed by atoms with Crippen LogP contribution in [0.25, 0.3) is 0 Å². The van der Waals surface area contributed by atoms with Crippen LogP contribution in [0, 0.1) is 0 Å². The maximum atomic E-state index is 12.8. The van der Waals surface area contributed by atoms with Crippen LogP contribution in [0.5, 0.6) is 0 Å². The molecule has 0 saturated carbocycles. The lowest BCUT2D eigenvalue weighted by atomic mass is 10.0. The minimum Gasteiger partial charge on any atom is -0.756 e. The van der Waals surface area contributed by atoms with Crippen molar-refractivity contribution >= 4 is 19.8 Å². The molecule has 412 valence electrons. The molecule has 0 aliphatic heterocycles. The molecule has 0 heterocycles. The number of phosphoric ester groups is 1. The van der Waals surface area contributed by atoms with Crippen molar-refractivity contribution in [2.75, 3.05) is 47.5 Å². The van der Waals surface area contributed by atoms with Gasteiger partial charge in [-0.15, -0.1) is 0 Å². The quantitative estimate of drug-likeness (QED) is 0.0195. The molecule has 0 radical (unpaired) electrons. The average Bonchev–Trinajstić information content (AvgIpc) is 3.34. The van der Waals surface area contributed by atoms with E-state index < -0.39 is 32.5 Å². The summed E-state index contributed by atoms with van der Waals surface area (Å²) >= 11 is 0. The summed E-state index contributed by atoms with van der Waals surface area (Å²) in [4.78, 5) is 37.8. The Kier molecular flexibility index (Phi) is 50.1. The highest BCUT2D eigenvalue weighted by molar-refractivity contribution is 7.45. The molecular weight excluding hydrogens is 918 g/mol. The van der Waals surface area contributed by atoms with Crippen LogP contribution in [-0.2, 0) is 32.7 Å². The van der Waals surface area contributed by atoms with Crippen molar-refractivity contribution in [3.05, 3.63) is 109 Å². The van der Waals surface area contributed by atoms with Crippen molar-refractivity contribution in [1.29, 1.82) is 0 Å². The summed E-state index contributed by atoms with van der Waals surface area (Å²) in [6.07, 6.45) is 72.7. The van der Waals surface area contributed by atoms with Crippen molar-refractivity contribution in [2.24, 2.45) is 0 Å². The van der Waals surface area contributed by atoms with Gasteiger partial charge >= 0.3 is 11.9 Å². The smallest absolute Gasteiger partial charge is 0.306 e. The predicted octanol–water partition coefficient (Wildman–Crippen LogP) is 17.2. The van der Waals surface area contributed by atoms with Gasteiger partial charge in [0.1, 0.15) is 19.8 Å². The van der Waals surface area contributed by atoms with E-state index >= 15 is 0 Å². The Morgan fingerprint density at radius 2 is 0.792 bits per heavy atom. The molecule has 9 nitrogen and oxygen atoms in total. The zero-order valence-electron chi connectivity index (χ0n) is 46.6. The van der Waals surface area contributed by atoms with E-state index in [2.05, 4.69) is 123 Å². The molecule has 2 atom stereocenters. The van der Waals surface area contributed by atoms with Crippen molar-refractivity contribution < 1.29 is 42.1 Å². The van der Waals surface area contributed by atoms with Gasteiger partial charge in [-0.2, -0.15) is 0 Å². The number of likely N-dealkylation sites (N-methyl/N-ethyl adjacent to an activating group) is 1. The van der Waals surface area contributed by atoms with E-state index in [-0.39, 0.29) is 26.1 Å². The summed E-state index contributed by atoms with van der Waals surface area (Å²) in [5.74, 6) is -0.874. The minimum atomic E-state index is -4.65. The van der Waals surface area contributed by atoms with Gasteiger partial charge in [-0.3, -0.25) is 14.2 Å². The molecule has 0 fully saturated rings. The summed E-state index contributed by atoms with van der Waals surface area (Å²) in [7, 11) is 1.13. The van der Waals surface area contributed by atoms with Crippen molar-refractivity contribution in [3.8, 4) is 0 Å². The lowest BCUT2D eigenvalue weighted by Gasteiger charge is -2.28. The number of esters is 2. The molecule has 2 unspecified atom stereocenters. The van der Waals surface area contributed by atoms with Gasteiger partial charge in [0, 0.05) is 12.8 Å². The molecule has 0 aromatic rings. The van der Waals surface area contributed by atoms with Crippen molar-refractivity contribution in [1.82, 2.24) is 0 Å². The first kappa shape index (κ1) is 68.7. The molecule has 72 heavy (non-hydrogen) atoms. The highest BCUT2D eigenvalue weighted by Crippen LogP contribution is 2.38. The molecule has 0 saturated heterocycles. The molecule has 0 spiro atoms. The molecule has 0 rings (SSSR count). The Labute approximate surface area is 442 Å². The molecular formula is C62H106NO8P. The summed E-state index contributed by atoms with van der Waals surface area (Å²) < 4.78 is 34.1. The number of hydrogen-bond donors (Lipinski definition) is 0. The lowest BCUT2D eigenvalue weighted by Crippen LogP contribution is -2.37. The van der Waals surface area contributed by atoms with Crippen molar-refractivity contribution in [2.45, 2.75) is 225 Å². The molecule has 0 aromatic heterocycles. The second-order valence-electron chi connectivity index (χ2n) is 19.9. The predicted molar refractivity (Wildman–Crippen MR) is 305 cm³/mol. The number of rotatable bonds is 51. The van der Waals surface area contributed by atoms with E-state index in [1.165, 1.54) is 89.9 Å². The van der Waals surface area contributed by atoms with E-state index in [1.54, 1.807) is 0 Å². The van der Waals surface area contributed by atoms with Crippen LogP contribution in [0.2, 0.25) is 0 Å². The zero-order chi connectivity index (χ0) is 52.7. The number of nitrogens with zero attached hydrogens (tertiary/aromatic N) is 1. The highest BCUT2D eigenvalue weighted by Gasteiger charge is 2.21. The number of ether oxygens (including phenoxy) is 2. The van der Waals surface area contributed by atoms with E-state index in [9.17, 15) is 19.0 Å². The standard InChI is InChI=1S/C62H106NO8P/c1-6-8-10-12-14-16-18-20-22-24-25-26-27-28-29-30-31-32-33-34-35-36-37-39-41-43-45-47-49-51-53-55-62(65)71-60(59-70-72(66,67)69-57-56-63(3,4)5)58-68-61(64)54-52-50-48-46-44-42-40-38-23-21-19-17-15-13-11-9-7-2/h8,10,14,16,20,22,25-26,28-29,31-32,34-35,37,39,43,45,60H,6-7,9,11-13,15,17-19,21,23-24,27,30,33,36,38,40-42,44,46-59H2,1-5H3/b10-8-,16-14-,22-20-,26-25-,29-28-,32-31-,35-34-,39-37-,45-43-. The third-order valence-electron chi connectivity index (χ3n) is 11.8. The summed E-state index contributed by atoms with van der Waals surface area (Å²) in [6.45, 7) is 4.08. The zero-order valence-corrected chi connectivity index (χ0v) is 47.5. The average molecular weight is 1020 g/mol. The Balaban J connectivity index is 4.28. The second-order valence-corrected chi connectivity index (χ2v) is 21.3. The molecule has 0 amide bonds. The normalized spacial score (nSPS) is 14.1. The fourth-order valence-corrected chi connectivity index (χ4v) is 8.14. The van der Waals surface area contributed by atoms with Crippen LogP contribution in [0.15, 0.2) is 109 Å². The van der Waals surface area contributed by atoms with Gasteiger partial charge in [0.2, 0.25) is 0 Å². The van der Waals surface area contributed by atoms with Gasteiger partial charge in [-0.05, 0) is 83.5 Å². The Hall–Kier alpha value is -3.33. The number of hydrogen-bond acceptors (Lipinski definition) is 8. The fraction of sp³-hybridized carbons (Fsp3) is 0.677. The van der Waals surface area contributed by atoms with Gasteiger partial charge in [0.25, 0.3) is 7.82 Å². The van der Waals surface area contributed by atoms with E-state index in [1.807, 2.05) is 21.1 Å². The highest BCUT2D eigenvalue weighted by atomic mass is 31.2. The Morgan fingerprint density at radius 1 is 0.444 bits per heavy atom. The number of carbonyl (C=O) groups excluding carboxylic acids is 2. The first-order valence-corrected chi connectivity index (χ1v) is 30.1. The lowest BCUT2D eigenvalue weighted by molar-refractivity contribution is -0.870. The molecule has 0 bridgehead atoms.